The Morgan fingerprint density at radius 2 is 1.81 bits per heavy atom. The van der Waals surface area contributed by atoms with E-state index in [-0.39, 0.29) is 18.2 Å². The number of para-hydroxylation sites is 1. The number of aromatic amines is 1. The van der Waals surface area contributed by atoms with E-state index in [2.05, 4.69) is 15.3 Å². The van der Waals surface area contributed by atoms with Crippen molar-refractivity contribution in [2.75, 3.05) is 18.9 Å². The maximum absolute atomic E-state index is 13.6. The van der Waals surface area contributed by atoms with Gasteiger partial charge >= 0.3 is 0 Å². The monoisotopic (exact) mass is 412 g/mol. The number of H-pyrrole nitrogens is 1. The molecule has 156 valence electrons. The molecule has 0 spiro atoms. The number of fused-ring (bicyclic) bond motifs is 1. The molecule has 31 heavy (non-hydrogen) atoms. The third-order valence-corrected chi connectivity index (χ3v) is 5.24. The van der Waals surface area contributed by atoms with Gasteiger partial charge in [-0.3, -0.25) is 14.5 Å². The number of nitrogens with one attached hydrogen (secondary N) is 2. The lowest BCUT2D eigenvalue weighted by Crippen LogP contribution is -2.37. The predicted molar refractivity (Wildman–Crippen MR) is 122 cm³/mol. The van der Waals surface area contributed by atoms with E-state index in [1.165, 1.54) is 0 Å². The molecular weight excluding hydrogens is 388 g/mol. The van der Waals surface area contributed by atoms with E-state index in [4.69, 9.17) is 0 Å². The Hall–Kier alpha value is -3.77. The van der Waals surface area contributed by atoms with Crippen LogP contribution in [0.4, 0.5) is 5.82 Å². The first kappa shape index (κ1) is 20.5. The van der Waals surface area contributed by atoms with Crippen molar-refractivity contribution in [1.82, 2.24) is 14.9 Å². The zero-order chi connectivity index (χ0) is 21.8. The SMILES string of the molecule is Cc1ccnc(NC(=O)CN(C)C(C(=O)c2c[nH]c3ccccc23)c2ccccc2)c1. The van der Waals surface area contributed by atoms with Crippen molar-refractivity contribution in [3.05, 3.63) is 95.8 Å². The summed E-state index contributed by atoms with van der Waals surface area (Å²) in [6.45, 7) is 1.98. The van der Waals surface area contributed by atoms with Crippen molar-refractivity contribution in [3.63, 3.8) is 0 Å². The van der Waals surface area contributed by atoms with E-state index in [1.807, 2.05) is 73.7 Å². The number of anilines is 1. The minimum Gasteiger partial charge on any atom is -0.360 e. The van der Waals surface area contributed by atoms with Crippen molar-refractivity contribution in [1.29, 1.82) is 0 Å². The molecule has 0 fully saturated rings. The molecule has 0 bridgehead atoms. The molecule has 0 saturated carbocycles. The number of hydrogen-bond donors (Lipinski definition) is 2. The van der Waals surface area contributed by atoms with Crippen LogP contribution in [0.2, 0.25) is 0 Å². The van der Waals surface area contributed by atoms with Crippen molar-refractivity contribution in [3.8, 4) is 0 Å². The molecular formula is C25H24N4O2. The number of ketones is 1. The van der Waals surface area contributed by atoms with Crippen LogP contribution in [0.5, 0.6) is 0 Å². The minimum absolute atomic E-state index is 0.0449. The van der Waals surface area contributed by atoms with E-state index in [9.17, 15) is 9.59 Å². The predicted octanol–water partition coefficient (Wildman–Crippen LogP) is 4.37. The van der Waals surface area contributed by atoms with Crippen LogP contribution >= 0.6 is 0 Å². The molecule has 4 rings (SSSR count). The van der Waals surface area contributed by atoms with Crippen molar-refractivity contribution >= 4 is 28.4 Å². The number of nitrogens with zero attached hydrogens (tertiary/aromatic N) is 2. The molecule has 0 aliphatic carbocycles. The largest absolute Gasteiger partial charge is 0.360 e. The molecule has 0 aliphatic rings. The number of carbonyl (C=O) groups is 2. The van der Waals surface area contributed by atoms with Crippen LogP contribution in [-0.2, 0) is 4.79 Å². The lowest BCUT2D eigenvalue weighted by molar-refractivity contribution is -0.117. The third kappa shape index (κ3) is 4.54. The van der Waals surface area contributed by atoms with E-state index in [0.29, 0.717) is 11.4 Å². The first-order valence-corrected chi connectivity index (χ1v) is 10.1. The van der Waals surface area contributed by atoms with Gasteiger partial charge in [0.25, 0.3) is 0 Å². The molecule has 0 saturated heterocycles. The van der Waals surface area contributed by atoms with Crippen molar-refractivity contribution in [2.24, 2.45) is 0 Å². The van der Waals surface area contributed by atoms with Crippen LogP contribution in [0, 0.1) is 6.92 Å². The van der Waals surface area contributed by atoms with E-state index >= 15 is 0 Å². The van der Waals surface area contributed by atoms with Crippen LogP contribution < -0.4 is 5.32 Å². The number of rotatable bonds is 7. The zero-order valence-electron chi connectivity index (χ0n) is 17.5. The van der Waals surface area contributed by atoms with Gasteiger partial charge in [0.05, 0.1) is 12.6 Å². The molecule has 4 aromatic rings. The molecule has 2 N–H and O–H groups in total. The lowest BCUT2D eigenvalue weighted by Gasteiger charge is -2.26. The number of hydrogen-bond acceptors (Lipinski definition) is 4. The van der Waals surface area contributed by atoms with Crippen molar-refractivity contribution in [2.45, 2.75) is 13.0 Å². The Balaban J connectivity index is 1.60. The van der Waals surface area contributed by atoms with Gasteiger partial charge in [0.15, 0.2) is 5.78 Å². The Bertz CT molecular complexity index is 1220. The molecule has 6 nitrogen and oxygen atoms in total. The second kappa shape index (κ2) is 8.93. The molecule has 1 atom stereocenters. The van der Waals surface area contributed by atoms with Crippen LogP contribution in [0.15, 0.2) is 79.1 Å². The van der Waals surface area contributed by atoms with Crippen molar-refractivity contribution < 1.29 is 9.59 Å². The average molecular weight is 412 g/mol. The summed E-state index contributed by atoms with van der Waals surface area (Å²) in [6, 6.07) is 20.3. The highest BCUT2D eigenvalue weighted by molar-refractivity contribution is 6.10. The topological polar surface area (TPSA) is 78.1 Å². The van der Waals surface area contributed by atoms with Gasteiger partial charge in [-0.05, 0) is 43.3 Å². The minimum atomic E-state index is -0.600. The molecule has 1 amide bonds. The number of likely N-dealkylation sites (N-methyl/N-ethyl adjacent to an activating group) is 1. The zero-order valence-corrected chi connectivity index (χ0v) is 17.5. The van der Waals surface area contributed by atoms with Gasteiger partial charge < -0.3 is 10.3 Å². The fourth-order valence-electron chi connectivity index (χ4n) is 3.77. The van der Waals surface area contributed by atoms with Gasteiger partial charge in [-0.15, -0.1) is 0 Å². The number of Topliss-reactive ketones (excluding diaryl/α,β-unsaturated/α-hetero) is 1. The Kier molecular flexibility index (Phi) is 5.91. The summed E-state index contributed by atoms with van der Waals surface area (Å²) >= 11 is 0. The molecule has 6 heteroatoms. The Labute approximate surface area is 180 Å². The first-order valence-electron chi connectivity index (χ1n) is 10.1. The highest BCUT2D eigenvalue weighted by Crippen LogP contribution is 2.28. The maximum Gasteiger partial charge on any atom is 0.239 e. The molecule has 0 radical (unpaired) electrons. The van der Waals surface area contributed by atoms with Crippen LogP contribution in [0.25, 0.3) is 10.9 Å². The number of pyridine rings is 1. The second-order valence-electron chi connectivity index (χ2n) is 7.61. The van der Waals surface area contributed by atoms with Gasteiger partial charge in [0.1, 0.15) is 5.82 Å². The highest BCUT2D eigenvalue weighted by Gasteiger charge is 2.29. The summed E-state index contributed by atoms with van der Waals surface area (Å²) in [7, 11) is 1.79. The van der Waals surface area contributed by atoms with Crippen LogP contribution in [0.3, 0.4) is 0 Å². The summed E-state index contributed by atoms with van der Waals surface area (Å²) in [6.07, 6.45) is 3.40. The normalized spacial score (nSPS) is 12.1. The maximum atomic E-state index is 13.6. The van der Waals surface area contributed by atoms with Gasteiger partial charge in [-0.1, -0.05) is 48.5 Å². The molecule has 2 aromatic heterocycles. The summed E-state index contributed by atoms with van der Waals surface area (Å²) in [5.74, 6) is 0.207. The van der Waals surface area contributed by atoms with Gasteiger partial charge in [-0.2, -0.15) is 0 Å². The number of amides is 1. The number of carbonyl (C=O) groups excluding carboxylic acids is 2. The summed E-state index contributed by atoms with van der Waals surface area (Å²) in [5.41, 5.74) is 3.36. The summed E-state index contributed by atoms with van der Waals surface area (Å²) in [5, 5.41) is 3.68. The molecule has 2 heterocycles. The van der Waals surface area contributed by atoms with E-state index in [1.54, 1.807) is 24.3 Å². The first-order chi connectivity index (χ1) is 15.0. The van der Waals surface area contributed by atoms with Gasteiger partial charge in [-0.25, -0.2) is 4.98 Å². The van der Waals surface area contributed by atoms with Gasteiger partial charge in [0, 0.05) is 28.9 Å². The fraction of sp³-hybridized carbons (Fsp3) is 0.160. The summed E-state index contributed by atoms with van der Waals surface area (Å²) < 4.78 is 0. The van der Waals surface area contributed by atoms with E-state index < -0.39 is 6.04 Å². The smallest absolute Gasteiger partial charge is 0.239 e. The van der Waals surface area contributed by atoms with E-state index in [0.717, 1.165) is 22.0 Å². The molecule has 1 unspecified atom stereocenters. The van der Waals surface area contributed by atoms with Crippen LogP contribution in [-0.4, -0.2) is 40.2 Å². The number of aromatic nitrogens is 2. The third-order valence-electron chi connectivity index (χ3n) is 5.24. The Morgan fingerprint density at radius 3 is 2.58 bits per heavy atom. The number of benzene rings is 2. The summed E-state index contributed by atoms with van der Waals surface area (Å²) in [4.78, 5) is 35.4. The van der Waals surface area contributed by atoms with Gasteiger partial charge in [0.2, 0.25) is 5.91 Å². The average Bonchev–Trinajstić information content (AvgIpc) is 3.19. The Morgan fingerprint density at radius 1 is 1.06 bits per heavy atom. The number of aryl methyl sites for hydroxylation is 1. The molecule has 2 aromatic carbocycles. The second-order valence-corrected chi connectivity index (χ2v) is 7.61. The lowest BCUT2D eigenvalue weighted by atomic mass is 9.96. The standard InChI is InChI=1S/C25H24N4O2/c1-17-12-13-26-22(14-17)28-23(30)16-29(2)24(18-8-4-3-5-9-18)25(31)20-15-27-21-11-7-6-10-19(20)21/h3-15,24,27H,16H2,1-2H3,(H,26,28,30). The quantitative estimate of drug-likeness (QED) is 0.442. The molecule has 0 aliphatic heterocycles. The highest BCUT2D eigenvalue weighted by atomic mass is 16.2. The van der Waals surface area contributed by atoms with Crippen LogP contribution in [0.1, 0.15) is 27.5 Å². The fourth-order valence-corrected chi connectivity index (χ4v) is 3.77.